The van der Waals surface area contributed by atoms with Crippen molar-refractivity contribution in [2.75, 3.05) is 6.61 Å². The molecule has 0 aromatic rings. The Bertz CT molecular complexity index is 110. The van der Waals surface area contributed by atoms with Crippen LogP contribution in [-0.4, -0.2) is 23.8 Å². The highest BCUT2D eigenvalue weighted by atomic mass is 16.6. The number of rotatable bonds is 0. The Morgan fingerprint density at radius 3 is 2.62 bits per heavy atom. The van der Waals surface area contributed by atoms with Crippen LogP contribution in [0.3, 0.4) is 0 Å². The van der Waals surface area contributed by atoms with Crippen LogP contribution in [0, 0.1) is 5.92 Å². The van der Waals surface area contributed by atoms with Crippen molar-refractivity contribution in [2.24, 2.45) is 5.92 Å². The van der Waals surface area contributed by atoms with Gasteiger partial charge in [-0.25, -0.2) is 4.79 Å². The molecule has 1 N–H and O–H groups in total. The van der Waals surface area contributed by atoms with E-state index in [4.69, 9.17) is 5.11 Å². The van der Waals surface area contributed by atoms with Gasteiger partial charge in [-0.1, -0.05) is 6.92 Å². The average molecular weight is 116 g/mol. The number of carbonyl (C=O) groups excluding carboxylic acids is 1. The number of hydrogen-bond acceptors (Lipinski definition) is 3. The third-order valence-electron chi connectivity index (χ3n) is 1.27. The first-order valence-electron chi connectivity index (χ1n) is 2.56. The summed E-state index contributed by atoms with van der Waals surface area (Å²) in [5, 5.41) is 8.79. The summed E-state index contributed by atoms with van der Waals surface area (Å²) in [6.07, 6.45) is -0.880. The van der Waals surface area contributed by atoms with Crippen LogP contribution in [0.1, 0.15) is 6.92 Å². The Hall–Kier alpha value is -0.570. The first kappa shape index (κ1) is 5.56. The fraction of sp³-hybridized carbons (Fsp3) is 0.800. The highest BCUT2D eigenvalue weighted by Crippen LogP contribution is 2.12. The van der Waals surface area contributed by atoms with Crippen LogP contribution in [0.4, 0.5) is 0 Å². The summed E-state index contributed by atoms with van der Waals surface area (Å²) in [6.45, 7) is 2.13. The molecular formula is C5H8O3. The van der Waals surface area contributed by atoms with Crippen molar-refractivity contribution in [3.8, 4) is 0 Å². The highest BCUT2D eigenvalue weighted by Gasteiger charge is 2.31. The summed E-state index contributed by atoms with van der Waals surface area (Å²) in [6, 6.07) is 0. The maximum absolute atomic E-state index is 10.3. The van der Waals surface area contributed by atoms with Gasteiger partial charge in [-0.2, -0.15) is 0 Å². The molecule has 0 radical (unpaired) electrons. The Balaban J connectivity index is 2.56. The van der Waals surface area contributed by atoms with Crippen LogP contribution < -0.4 is 0 Å². The van der Waals surface area contributed by atoms with Gasteiger partial charge in [-0.3, -0.25) is 0 Å². The van der Waals surface area contributed by atoms with Crippen LogP contribution in [-0.2, 0) is 9.53 Å². The van der Waals surface area contributed by atoms with Gasteiger partial charge in [0.1, 0.15) is 0 Å². The molecule has 1 aliphatic rings. The van der Waals surface area contributed by atoms with Crippen molar-refractivity contribution in [2.45, 2.75) is 13.0 Å². The van der Waals surface area contributed by atoms with Gasteiger partial charge in [0.15, 0.2) is 6.10 Å². The molecule has 0 amide bonds. The van der Waals surface area contributed by atoms with Crippen molar-refractivity contribution in [3.63, 3.8) is 0 Å². The molecule has 3 nitrogen and oxygen atoms in total. The number of ether oxygens (including phenoxy) is 1. The van der Waals surface area contributed by atoms with Crippen LogP contribution in [0.25, 0.3) is 0 Å². The molecule has 1 fully saturated rings. The lowest BCUT2D eigenvalue weighted by atomic mass is 10.1. The first-order chi connectivity index (χ1) is 3.72. The zero-order chi connectivity index (χ0) is 6.15. The largest absolute Gasteiger partial charge is 0.463 e. The van der Waals surface area contributed by atoms with Gasteiger partial charge in [0, 0.05) is 5.92 Å². The van der Waals surface area contributed by atoms with Gasteiger partial charge in [0.2, 0.25) is 0 Å². The first-order valence-corrected chi connectivity index (χ1v) is 2.56. The molecule has 0 aromatic heterocycles. The number of carbonyl (C=O) groups is 1. The molecule has 0 bridgehead atoms. The molecule has 8 heavy (non-hydrogen) atoms. The predicted molar refractivity (Wildman–Crippen MR) is 26.1 cm³/mol. The number of aliphatic hydroxyl groups excluding tert-OH is 1. The molecular weight excluding hydrogens is 108 g/mol. The minimum absolute atomic E-state index is 0.0255. The second-order valence-electron chi connectivity index (χ2n) is 2.05. The van der Waals surface area contributed by atoms with E-state index in [0.29, 0.717) is 6.61 Å². The van der Waals surface area contributed by atoms with E-state index >= 15 is 0 Å². The quantitative estimate of drug-likeness (QED) is 0.435. The summed E-state index contributed by atoms with van der Waals surface area (Å²) in [5.41, 5.74) is 0. The van der Waals surface area contributed by atoms with Crippen LogP contribution in [0.15, 0.2) is 0 Å². The average Bonchev–Trinajstić information content (AvgIpc) is 1.98. The van der Waals surface area contributed by atoms with Gasteiger partial charge in [0.05, 0.1) is 6.61 Å². The van der Waals surface area contributed by atoms with Gasteiger partial charge >= 0.3 is 5.97 Å². The van der Waals surface area contributed by atoms with Crippen molar-refractivity contribution in [1.29, 1.82) is 0 Å². The molecule has 46 valence electrons. The summed E-state index contributed by atoms with van der Waals surface area (Å²) in [7, 11) is 0. The lowest BCUT2D eigenvalue weighted by Gasteiger charge is -1.97. The molecule has 1 aliphatic heterocycles. The number of hydrogen-bond donors (Lipinski definition) is 1. The van der Waals surface area contributed by atoms with Crippen molar-refractivity contribution in [1.82, 2.24) is 0 Å². The standard InChI is InChI=1S/C5H8O3/c1-3-2-8-5(7)4(3)6/h3-4,6H,2H2,1H3/t3-,4+/m1/s1. The van der Waals surface area contributed by atoms with Gasteiger partial charge < -0.3 is 9.84 Å². The van der Waals surface area contributed by atoms with Crippen LogP contribution in [0.5, 0.6) is 0 Å². The maximum atomic E-state index is 10.3. The second kappa shape index (κ2) is 1.74. The Morgan fingerprint density at radius 2 is 2.50 bits per heavy atom. The van der Waals surface area contributed by atoms with E-state index in [1.54, 1.807) is 6.92 Å². The molecule has 0 unspecified atom stereocenters. The third kappa shape index (κ3) is 0.690. The molecule has 1 saturated heterocycles. The molecule has 0 spiro atoms. The molecule has 0 aromatic carbocycles. The molecule has 3 heteroatoms. The molecule has 0 aliphatic carbocycles. The predicted octanol–water partition coefficient (Wildman–Crippen LogP) is -0.460. The Morgan fingerprint density at radius 1 is 1.88 bits per heavy atom. The fourth-order valence-corrected chi connectivity index (χ4v) is 0.622. The monoisotopic (exact) mass is 116 g/mol. The van der Waals surface area contributed by atoms with E-state index in [-0.39, 0.29) is 5.92 Å². The lowest BCUT2D eigenvalue weighted by Crippen LogP contribution is -2.18. The molecule has 2 atom stereocenters. The van der Waals surface area contributed by atoms with Crippen molar-refractivity contribution in [3.05, 3.63) is 0 Å². The smallest absolute Gasteiger partial charge is 0.335 e. The number of cyclic esters (lactones) is 1. The summed E-state index contributed by atoms with van der Waals surface area (Å²) < 4.78 is 4.49. The lowest BCUT2D eigenvalue weighted by molar-refractivity contribution is -0.144. The minimum Gasteiger partial charge on any atom is -0.463 e. The number of esters is 1. The molecule has 0 saturated carbocycles. The number of aliphatic hydroxyl groups is 1. The van der Waals surface area contributed by atoms with Gasteiger partial charge in [0.25, 0.3) is 0 Å². The van der Waals surface area contributed by atoms with Gasteiger partial charge in [-0.15, -0.1) is 0 Å². The zero-order valence-electron chi connectivity index (χ0n) is 4.63. The summed E-state index contributed by atoms with van der Waals surface area (Å²) in [4.78, 5) is 10.3. The van der Waals surface area contributed by atoms with E-state index in [2.05, 4.69) is 4.74 Å². The van der Waals surface area contributed by atoms with E-state index in [1.807, 2.05) is 0 Å². The molecule has 1 heterocycles. The maximum Gasteiger partial charge on any atom is 0.335 e. The van der Waals surface area contributed by atoms with E-state index in [1.165, 1.54) is 0 Å². The van der Waals surface area contributed by atoms with E-state index in [0.717, 1.165) is 0 Å². The van der Waals surface area contributed by atoms with Crippen molar-refractivity contribution >= 4 is 5.97 Å². The summed E-state index contributed by atoms with van der Waals surface area (Å²) >= 11 is 0. The van der Waals surface area contributed by atoms with Gasteiger partial charge in [-0.05, 0) is 0 Å². The second-order valence-corrected chi connectivity index (χ2v) is 2.05. The molecule has 1 rings (SSSR count). The zero-order valence-corrected chi connectivity index (χ0v) is 4.63. The SMILES string of the molecule is C[C@@H]1COC(=O)[C@H]1O. The van der Waals surface area contributed by atoms with Crippen LogP contribution >= 0.6 is 0 Å². The normalized spacial score (nSPS) is 37.5. The topological polar surface area (TPSA) is 46.5 Å². The summed E-state index contributed by atoms with van der Waals surface area (Å²) in [5.74, 6) is -0.514. The van der Waals surface area contributed by atoms with Crippen LogP contribution in [0.2, 0.25) is 0 Å². The Kier molecular flexibility index (Phi) is 1.21. The van der Waals surface area contributed by atoms with Crippen molar-refractivity contribution < 1.29 is 14.6 Å². The fourth-order valence-electron chi connectivity index (χ4n) is 0.622. The Labute approximate surface area is 47.3 Å². The van der Waals surface area contributed by atoms with E-state index in [9.17, 15) is 4.79 Å². The van der Waals surface area contributed by atoms with E-state index < -0.39 is 12.1 Å². The minimum atomic E-state index is -0.880. The highest BCUT2D eigenvalue weighted by molar-refractivity contribution is 5.76. The third-order valence-corrected chi connectivity index (χ3v) is 1.27.